The number of nitrogens with zero attached hydrogens (tertiary/aromatic N) is 1. The van der Waals surface area contributed by atoms with Crippen LogP contribution < -0.4 is 0 Å². The van der Waals surface area contributed by atoms with Crippen LogP contribution in [0.15, 0.2) is 109 Å². The number of aromatic amines is 1. The van der Waals surface area contributed by atoms with Crippen LogP contribution in [0, 0.1) is 0 Å². The van der Waals surface area contributed by atoms with Gasteiger partial charge in [0, 0.05) is 30.3 Å². The standard InChI is InChI=1S/C21H25N.C12H13N.C5H10/c1-21(2,3)19-14-20(22(4)15-19)18-12-8-11-17(13-18)16-9-6-5-7-10-16;1-2-11-8-9-12(13-11)10-6-4-3-5-7-10;1-3-5-4-2/h5-7,9-11,13-15H,8,12H2,1-4H3;3-9,13H,2H2,1H3;3,5H,4H2,1-2H3. The summed E-state index contributed by atoms with van der Waals surface area (Å²) in [5.74, 6) is 0. The van der Waals surface area contributed by atoms with Crippen molar-refractivity contribution in [1.82, 2.24) is 9.55 Å². The van der Waals surface area contributed by atoms with Gasteiger partial charge in [0.25, 0.3) is 0 Å². The van der Waals surface area contributed by atoms with Gasteiger partial charge >= 0.3 is 0 Å². The molecule has 0 aliphatic heterocycles. The van der Waals surface area contributed by atoms with Crippen LogP contribution in [0.5, 0.6) is 0 Å². The molecule has 0 saturated carbocycles. The Hall–Kier alpha value is -3.78. The molecule has 2 aromatic heterocycles. The first-order chi connectivity index (χ1) is 19.3. The van der Waals surface area contributed by atoms with Gasteiger partial charge in [0.1, 0.15) is 0 Å². The van der Waals surface area contributed by atoms with Gasteiger partial charge in [-0.3, -0.25) is 0 Å². The van der Waals surface area contributed by atoms with Gasteiger partial charge in [-0.25, -0.2) is 0 Å². The van der Waals surface area contributed by atoms with Crippen molar-refractivity contribution in [2.24, 2.45) is 7.05 Å². The predicted molar refractivity (Wildman–Crippen MR) is 176 cm³/mol. The molecule has 0 radical (unpaired) electrons. The quantitative estimate of drug-likeness (QED) is 0.247. The number of H-pyrrole nitrogens is 1. The zero-order valence-corrected chi connectivity index (χ0v) is 25.7. The lowest BCUT2D eigenvalue weighted by Crippen LogP contribution is -2.09. The van der Waals surface area contributed by atoms with Crippen molar-refractivity contribution < 1.29 is 0 Å². The SMILES string of the molecule is CC=CCC.CCc1ccc(-c2ccccc2)[nH]1.Cn1cc(C(C)(C)C)cc1C1=CC(c2ccccc2)=CCC1. The summed E-state index contributed by atoms with van der Waals surface area (Å²) in [6, 6.07) is 27.7. The Balaban J connectivity index is 0.000000206. The van der Waals surface area contributed by atoms with Gasteiger partial charge < -0.3 is 9.55 Å². The van der Waals surface area contributed by atoms with Crippen LogP contribution in [0.1, 0.15) is 83.3 Å². The molecule has 2 nitrogen and oxygen atoms in total. The first-order valence-electron chi connectivity index (χ1n) is 14.7. The minimum Gasteiger partial charge on any atom is -0.358 e. The number of hydrogen-bond acceptors (Lipinski definition) is 0. The average molecular weight is 533 g/mol. The lowest BCUT2D eigenvalue weighted by Gasteiger charge is -2.16. The van der Waals surface area contributed by atoms with Crippen LogP contribution in [-0.4, -0.2) is 9.55 Å². The van der Waals surface area contributed by atoms with E-state index in [0.29, 0.717) is 0 Å². The third kappa shape index (κ3) is 8.88. The summed E-state index contributed by atoms with van der Waals surface area (Å²) in [5, 5.41) is 0. The van der Waals surface area contributed by atoms with Gasteiger partial charge in [0.15, 0.2) is 0 Å². The smallest absolute Gasteiger partial charge is 0.0456 e. The summed E-state index contributed by atoms with van der Waals surface area (Å²) in [7, 11) is 2.16. The van der Waals surface area contributed by atoms with E-state index in [9.17, 15) is 0 Å². The van der Waals surface area contributed by atoms with Crippen LogP contribution in [0.25, 0.3) is 22.4 Å². The fourth-order valence-electron chi connectivity index (χ4n) is 4.70. The zero-order chi connectivity index (χ0) is 29.0. The molecule has 2 heteroatoms. The second-order valence-electron chi connectivity index (χ2n) is 11.3. The monoisotopic (exact) mass is 532 g/mol. The van der Waals surface area contributed by atoms with Gasteiger partial charge in [-0.15, -0.1) is 0 Å². The molecule has 0 atom stereocenters. The Morgan fingerprint density at radius 3 is 2.02 bits per heavy atom. The number of aromatic nitrogens is 2. The summed E-state index contributed by atoms with van der Waals surface area (Å²) in [6.45, 7) is 13.1. The normalized spacial score (nSPS) is 13.1. The van der Waals surface area contributed by atoms with E-state index >= 15 is 0 Å². The van der Waals surface area contributed by atoms with Crippen molar-refractivity contribution in [1.29, 1.82) is 0 Å². The van der Waals surface area contributed by atoms with Crippen LogP contribution in [0.3, 0.4) is 0 Å². The van der Waals surface area contributed by atoms with Gasteiger partial charge in [0.2, 0.25) is 0 Å². The predicted octanol–water partition coefficient (Wildman–Crippen LogP) is 10.8. The van der Waals surface area contributed by atoms with Crippen molar-refractivity contribution in [3.05, 3.63) is 132 Å². The molecule has 2 aromatic carbocycles. The first kappa shape index (κ1) is 30.8. The van der Waals surface area contributed by atoms with Gasteiger partial charge in [-0.1, -0.05) is 114 Å². The zero-order valence-electron chi connectivity index (χ0n) is 25.7. The number of hydrogen-bond donors (Lipinski definition) is 1. The first-order valence-corrected chi connectivity index (χ1v) is 14.7. The Morgan fingerprint density at radius 1 is 0.875 bits per heavy atom. The Bertz CT molecular complexity index is 1390. The van der Waals surface area contributed by atoms with Crippen LogP contribution >= 0.6 is 0 Å². The fourth-order valence-corrected chi connectivity index (χ4v) is 4.70. The highest BCUT2D eigenvalue weighted by molar-refractivity contribution is 5.85. The molecular weight excluding hydrogens is 484 g/mol. The molecule has 1 aliphatic carbocycles. The highest BCUT2D eigenvalue weighted by atomic mass is 14.9. The maximum Gasteiger partial charge on any atom is 0.0456 e. The summed E-state index contributed by atoms with van der Waals surface area (Å²) in [6.07, 6.45) is 15.6. The molecule has 0 bridgehead atoms. The van der Waals surface area contributed by atoms with E-state index in [1.54, 1.807) is 0 Å². The minimum absolute atomic E-state index is 0.198. The summed E-state index contributed by atoms with van der Waals surface area (Å²) < 4.78 is 2.28. The second-order valence-corrected chi connectivity index (χ2v) is 11.3. The number of nitrogens with one attached hydrogen (secondary N) is 1. The van der Waals surface area contributed by atoms with E-state index in [1.807, 2.05) is 13.0 Å². The number of allylic oxidation sites excluding steroid dienone is 6. The average Bonchev–Trinajstić information content (AvgIpc) is 3.62. The molecule has 1 N–H and O–H groups in total. The van der Waals surface area contributed by atoms with E-state index in [-0.39, 0.29) is 5.41 Å². The Labute approximate surface area is 243 Å². The number of benzene rings is 2. The maximum absolute atomic E-state index is 3.38. The molecule has 2 heterocycles. The topological polar surface area (TPSA) is 20.7 Å². The minimum atomic E-state index is 0.198. The van der Waals surface area contributed by atoms with Crippen molar-refractivity contribution >= 4 is 11.1 Å². The summed E-state index contributed by atoms with van der Waals surface area (Å²) in [5.41, 5.74) is 10.8. The van der Waals surface area contributed by atoms with Crippen molar-refractivity contribution in [3.63, 3.8) is 0 Å². The lowest BCUT2D eigenvalue weighted by molar-refractivity contribution is 0.589. The summed E-state index contributed by atoms with van der Waals surface area (Å²) >= 11 is 0. The Kier molecular flexibility index (Phi) is 11.6. The molecule has 40 heavy (non-hydrogen) atoms. The molecule has 0 saturated heterocycles. The van der Waals surface area contributed by atoms with Gasteiger partial charge in [0.05, 0.1) is 0 Å². The lowest BCUT2D eigenvalue weighted by atomic mass is 9.88. The van der Waals surface area contributed by atoms with E-state index in [4.69, 9.17) is 0 Å². The van der Waals surface area contributed by atoms with Crippen molar-refractivity contribution in [3.8, 4) is 11.3 Å². The number of rotatable bonds is 5. The molecule has 4 aromatic rings. The molecule has 0 unspecified atom stereocenters. The molecular formula is C38H48N2. The third-order valence-corrected chi connectivity index (χ3v) is 7.10. The third-order valence-electron chi connectivity index (χ3n) is 7.10. The molecule has 0 fully saturated rings. The Morgan fingerprint density at radius 2 is 1.52 bits per heavy atom. The van der Waals surface area contributed by atoms with Crippen LogP contribution in [0.2, 0.25) is 0 Å². The fraction of sp³-hybridized carbons (Fsp3) is 0.316. The van der Waals surface area contributed by atoms with E-state index < -0.39 is 0 Å². The van der Waals surface area contributed by atoms with Crippen LogP contribution in [-0.2, 0) is 18.9 Å². The van der Waals surface area contributed by atoms with E-state index in [0.717, 1.165) is 25.7 Å². The van der Waals surface area contributed by atoms with Gasteiger partial charge in [-0.05, 0) is 90.1 Å². The van der Waals surface area contributed by atoms with Gasteiger partial charge in [-0.2, -0.15) is 0 Å². The highest BCUT2D eigenvalue weighted by Gasteiger charge is 2.19. The van der Waals surface area contributed by atoms with Crippen molar-refractivity contribution in [2.45, 2.75) is 72.6 Å². The second kappa shape index (κ2) is 15.1. The van der Waals surface area contributed by atoms with Crippen LogP contribution in [0.4, 0.5) is 0 Å². The van der Waals surface area contributed by atoms with Crippen molar-refractivity contribution in [2.75, 3.05) is 0 Å². The molecule has 0 amide bonds. The molecule has 0 spiro atoms. The largest absolute Gasteiger partial charge is 0.358 e. The van der Waals surface area contributed by atoms with E-state index in [2.05, 4.69) is 155 Å². The highest BCUT2D eigenvalue weighted by Crippen LogP contribution is 2.33. The maximum atomic E-state index is 3.38. The molecule has 210 valence electrons. The number of aryl methyl sites for hydroxylation is 2. The molecule has 1 aliphatic rings. The molecule has 5 rings (SSSR count). The summed E-state index contributed by atoms with van der Waals surface area (Å²) in [4.78, 5) is 3.38. The van der Waals surface area contributed by atoms with E-state index in [1.165, 1.54) is 44.9 Å².